The number of aliphatic imine (C=N–C) groups is 1. The number of benzene rings is 5. The molecule has 0 fully saturated rings. The first-order chi connectivity index (χ1) is 24.0. The average molecular weight is 641 g/mol. The van der Waals surface area contributed by atoms with Gasteiger partial charge < -0.3 is 0 Å². The van der Waals surface area contributed by atoms with Gasteiger partial charge in [0, 0.05) is 17.3 Å². The molecular formula is C47H48N2. The van der Waals surface area contributed by atoms with Crippen molar-refractivity contribution in [3.8, 4) is 22.3 Å². The lowest BCUT2D eigenvalue weighted by Crippen LogP contribution is -2.26. The third-order valence-corrected chi connectivity index (χ3v) is 9.84. The molecule has 0 aromatic heterocycles. The Bertz CT molecular complexity index is 1980. The van der Waals surface area contributed by atoms with Crippen LogP contribution in [0.4, 0.5) is 0 Å². The lowest BCUT2D eigenvalue weighted by atomic mass is 9.84. The van der Waals surface area contributed by atoms with Crippen LogP contribution < -0.4 is 5.32 Å². The minimum atomic E-state index is -0.211. The van der Waals surface area contributed by atoms with Gasteiger partial charge in [-0.05, 0) is 107 Å². The average Bonchev–Trinajstić information content (AvgIpc) is 3.17. The molecule has 5 aromatic carbocycles. The van der Waals surface area contributed by atoms with Crippen LogP contribution in [0.15, 0.2) is 151 Å². The minimum absolute atomic E-state index is 0.120. The van der Waals surface area contributed by atoms with E-state index in [9.17, 15) is 0 Å². The molecule has 1 aliphatic carbocycles. The van der Waals surface area contributed by atoms with Crippen LogP contribution >= 0.6 is 0 Å². The van der Waals surface area contributed by atoms with Crippen LogP contribution in [0.2, 0.25) is 0 Å². The molecule has 0 saturated carbocycles. The zero-order chi connectivity index (χ0) is 34.2. The van der Waals surface area contributed by atoms with E-state index in [1.165, 1.54) is 50.1 Å². The number of allylic oxidation sites excluding steroid dienone is 4. The molecule has 3 atom stereocenters. The summed E-state index contributed by atoms with van der Waals surface area (Å²) in [6.07, 6.45) is 11.6. The molecule has 246 valence electrons. The van der Waals surface area contributed by atoms with Crippen molar-refractivity contribution in [1.29, 1.82) is 0 Å². The SMILES string of the molecule is C=Cc1cc(-c2cccc(C3=CC=CCC3)c2)ccc1-c1c(C)cccc1C(=NC(NC(C)c1ccccc1)c1ccccc1)C(C)CC. The van der Waals surface area contributed by atoms with E-state index in [2.05, 4.69) is 179 Å². The van der Waals surface area contributed by atoms with Crippen molar-refractivity contribution in [2.75, 3.05) is 0 Å². The van der Waals surface area contributed by atoms with E-state index in [1.807, 2.05) is 6.08 Å². The Morgan fingerprint density at radius 1 is 0.796 bits per heavy atom. The van der Waals surface area contributed by atoms with E-state index in [-0.39, 0.29) is 18.1 Å². The number of hydrogen-bond acceptors (Lipinski definition) is 2. The summed E-state index contributed by atoms with van der Waals surface area (Å²) < 4.78 is 0. The van der Waals surface area contributed by atoms with Crippen molar-refractivity contribution >= 4 is 17.4 Å². The molecule has 5 aromatic rings. The fourth-order valence-corrected chi connectivity index (χ4v) is 6.83. The second-order valence-electron chi connectivity index (χ2n) is 13.2. The van der Waals surface area contributed by atoms with Gasteiger partial charge in [-0.15, -0.1) is 0 Å². The Morgan fingerprint density at radius 3 is 2.18 bits per heavy atom. The van der Waals surface area contributed by atoms with E-state index in [0.29, 0.717) is 0 Å². The van der Waals surface area contributed by atoms with Crippen molar-refractivity contribution in [1.82, 2.24) is 5.32 Å². The van der Waals surface area contributed by atoms with Gasteiger partial charge in [-0.2, -0.15) is 0 Å². The van der Waals surface area contributed by atoms with Crippen molar-refractivity contribution in [3.05, 3.63) is 180 Å². The van der Waals surface area contributed by atoms with Crippen molar-refractivity contribution in [3.63, 3.8) is 0 Å². The molecule has 49 heavy (non-hydrogen) atoms. The van der Waals surface area contributed by atoms with Crippen LogP contribution in [0.1, 0.15) is 85.6 Å². The van der Waals surface area contributed by atoms with Crippen molar-refractivity contribution in [2.24, 2.45) is 10.9 Å². The highest BCUT2D eigenvalue weighted by atomic mass is 15.1. The van der Waals surface area contributed by atoms with Gasteiger partial charge in [0.25, 0.3) is 0 Å². The molecule has 0 radical (unpaired) electrons. The number of nitrogens with zero attached hydrogens (tertiary/aromatic N) is 1. The lowest BCUT2D eigenvalue weighted by Gasteiger charge is -2.26. The molecule has 2 nitrogen and oxygen atoms in total. The third-order valence-electron chi connectivity index (χ3n) is 9.84. The van der Waals surface area contributed by atoms with Crippen molar-refractivity contribution in [2.45, 2.75) is 59.2 Å². The minimum Gasteiger partial charge on any atom is -0.285 e. The smallest absolute Gasteiger partial charge is 0.126 e. The maximum absolute atomic E-state index is 5.62. The molecule has 0 amide bonds. The monoisotopic (exact) mass is 640 g/mol. The summed E-state index contributed by atoms with van der Waals surface area (Å²) in [6, 6.07) is 43.8. The van der Waals surface area contributed by atoms with Gasteiger partial charge in [-0.3, -0.25) is 10.3 Å². The molecule has 1 aliphatic rings. The van der Waals surface area contributed by atoms with Gasteiger partial charge in [0.05, 0.1) is 0 Å². The number of nitrogens with one attached hydrogen (secondary N) is 1. The molecule has 0 heterocycles. The second kappa shape index (κ2) is 15.9. The second-order valence-corrected chi connectivity index (χ2v) is 13.2. The molecular weight excluding hydrogens is 593 g/mol. The lowest BCUT2D eigenvalue weighted by molar-refractivity contribution is 0.478. The topological polar surface area (TPSA) is 24.4 Å². The van der Waals surface area contributed by atoms with E-state index >= 15 is 0 Å². The van der Waals surface area contributed by atoms with Crippen LogP contribution in [-0.4, -0.2) is 5.71 Å². The largest absolute Gasteiger partial charge is 0.285 e. The van der Waals surface area contributed by atoms with Gasteiger partial charge in [0.1, 0.15) is 6.17 Å². The summed E-state index contributed by atoms with van der Waals surface area (Å²) in [4.78, 5) is 5.62. The molecule has 0 saturated heterocycles. The molecule has 3 unspecified atom stereocenters. The van der Waals surface area contributed by atoms with Gasteiger partial charge in [-0.1, -0.05) is 154 Å². The predicted molar refractivity (Wildman–Crippen MR) is 212 cm³/mol. The maximum Gasteiger partial charge on any atom is 0.126 e. The molecule has 2 heteroatoms. The molecule has 0 bridgehead atoms. The molecule has 0 spiro atoms. The fourth-order valence-electron chi connectivity index (χ4n) is 6.83. The highest BCUT2D eigenvalue weighted by Crippen LogP contribution is 2.37. The number of hydrogen-bond donors (Lipinski definition) is 1. The number of rotatable bonds is 12. The van der Waals surface area contributed by atoms with E-state index in [4.69, 9.17) is 4.99 Å². The number of aryl methyl sites for hydroxylation is 1. The Hall–Kier alpha value is -5.05. The summed E-state index contributed by atoms with van der Waals surface area (Å²) in [7, 11) is 0. The van der Waals surface area contributed by atoms with E-state index in [0.717, 1.165) is 36.1 Å². The summed E-state index contributed by atoms with van der Waals surface area (Å²) in [5.41, 5.74) is 14.6. The summed E-state index contributed by atoms with van der Waals surface area (Å²) in [5, 5.41) is 3.87. The highest BCUT2D eigenvalue weighted by molar-refractivity contribution is 6.08. The van der Waals surface area contributed by atoms with Gasteiger partial charge in [0.15, 0.2) is 0 Å². The summed E-state index contributed by atoms with van der Waals surface area (Å²) in [5.74, 6) is 0.249. The van der Waals surface area contributed by atoms with Gasteiger partial charge in [-0.25, -0.2) is 0 Å². The summed E-state index contributed by atoms with van der Waals surface area (Å²) >= 11 is 0. The van der Waals surface area contributed by atoms with Crippen LogP contribution in [0.25, 0.3) is 33.9 Å². The third kappa shape index (κ3) is 7.82. The standard InChI is InChI=1S/C47H48N2/c1-6-33(3)46(49-47(39-24-15-10-16-25-39)48-35(5)37-20-11-8-12-21-37)44-28-17-19-34(4)45(44)43-30-29-42(31-36(43)7-2)41-27-18-26-40(32-41)38-22-13-9-14-23-38/h7-13,15-22,24-33,35,47-48H,2,6,14,23H2,1,3-5H3. The Balaban J connectivity index is 1.44. The fraction of sp³-hybridized carbons (Fsp3) is 0.213. The van der Waals surface area contributed by atoms with E-state index in [1.54, 1.807) is 0 Å². The normalized spacial score (nSPS) is 14.9. The van der Waals surface area contributed by atoms with Crippen LogP contribution in [0.5, 0.6) is 0 Å². The highest BCUT2D eigenvalue weighted by Gasteiger charge is 2.23. The zero-order valence-electron chi connectivity index (χ0n) is 29.4. The van der Waals surface area contributed by atoms with E-state index < -0.39 is 0 Å². The van der Waals surface area contributed by atoms with Gasteiger partial charge in [0.2, 0.25) is 0 Å². The molecule has 0 aliphatic heterocycles. The van der Waals surface area contributed by atoms with Crippen LogP contribution in [0, 0.1) is 12.8 Å². The first-order valence-electron chi connectivity index (χ1n) is 17.7. The Morgan fingerprint density at radius 2 is 1.49 bits per heavy atom. The molecule has 1 N–H and O–H groups in total. The summed E-state index contributed by atoms with van der Waals surface area (Å²) in [6.45, 7) is 13.3. The Labute approximate surface area is 293 Å². The Kier molecular flexibility index (Phi) is 11.0. The van der Waals surface area contributed by atoms with Gasteiger partial charge >= 0.3 is 0 Å². The van der Waals surface area contributed by atoms with Crippen LogP contribution in [0.3, 0.4) is 0 Å². The zero-order valence-corrected chi connectivity index (χ0v) is 29.4. The predicted octanol–water partition coefficient (Wildman–Crippen LogP) is 12.6. The first kappa shape index (κ1) is 33.8. The quantitative estimate of drug-likeness (QED) is 0.135. The van der Waals surface area contributed by atoms with Crippen LogP contribution in [-0.2, 0) is 0 Å². The van der Waals surface area contributed by atoms with Crippen molar-refractivity contribution < 1.29 is 0 Å². The first-order valence-corrected chi connectivity index (χ1v) is 17.7. The molecule has 6 rings (SSSR count). The maximum atomic E-state index is 5.62.